The third-order valence-electron chi connectivity index (χ3n) is 1.86. The van der Waals surface area contributed by atoms with Crippen molar-refractivity contribution in [1.82, 2.24) is 5.32 Å². The second kappa shape index (κ2) is 5.78. The van der Waals surface area contributed by atoms with E-state index >= 15 is 0 Å². The Hall–Kier alpha value is -1.00. The highest BCUT2D eigenvalue weighted by Crippen LogP contribution is 2.15. The summed E-state index contributed by atoms with van der Waals surface area (Å²) in [6.07, 6.45) is 1.37. The Bertz CT molecular complexity index is 324. The summed E-state index contributed by atoms with van der Waals surface area (Å²) >= 11 is 5.65. The molecule has 1 unspecified atom stereocenters. The summed E-state index contributed by atoms with van der Waals surface area (Å²) in [5.74, 6) is -0.250. The summed E-state index contributed by atoms with van der Waals surface area (Å²) in [6.45, 7) is 4.88. The van der Waals surface area contributed by atoms with Gasteiger partial charge in [-0.15, -0.1) is 0 Å². The SMILES string of the molecule is CCOC(C)CNC(=O)c1ccoc1Cl. The van der Waals surface area contributed by atoms with Gasteiger partial charge in [0.05, 0.1) is 17.9 Å². The first-order chi connectivity index (χ1) is 7.15. The normalized spacial score (nSPS) is 12.5. The van der Waals surface area contributed by atoms with E-state index in [4.69, 9.17) is 20.8 Å². The van der Waals surface area contributed by atoms with Crippen LogP contribution in [0.25, 0.3) is 0 Å². The zero-order chi connectivity index (χ0) is 11.3. The van der Waals surface area contributed by atoms with E-state index in [0.717, 1.165) is 0 Å². The van der Waals surface area contributed by atoms with Crippen molar-refractivity contribution in [3.8, 4) is 0 Å². The molecule has 1 amide bonds. The molecule has 1 heterocycles. The Labute approximate surface area is 93.5 Å². The quantitative estimate of drug-likeness (QED) is 0.844. The number of hydrogen-bond acceptors (Lipinski definition) is 3. The van der Waals surface area contributed by atoms with Crippen molar-refractivity contribution in [2.24, 2.45) is 0 Å². The Morgan fingerprint density at radius 2 is 2.47 bits per heavy atom. The van der Waals surface area contributed by atoms with Crippen molar-refractivity contribution in [2.45, 2.75) is 20.0 Å². The van der Waals surface area contributed by atoms with Crippen molar-refractivity contribution >= 4 is 17.5 Å². The van der Waals surface area contributed by atoms with Crippen LogP contribution in [0.5, 0.6) is 0 Å². The molecule has 1 aromatic rings. The number of halogens is 1. The van der Waals surface area contributed by atoms with Gasteiger partial charge >= 0.3 is 0 Å². The van der Waals surface area contributed by atoms with E-state index in [1.807, 2.05) is 13.8 Å². The first-order valence-corrected chi connectivity index (χ1v) is 5.15. The van der Waals surface area contributed by atoms with Crippen LogP contribution >= 0.6 is 11.6 Å². The summed E-state index contributed by atoms with van der Waals surface area (Å²) in [7, 11) is 0. The lowest BCUT2D eigenvalue weighted by molar-refractivity contribution is 0.0695. The molecule has 1 rings (SSSR count). The summed E-state index contributed by atoms with van der Waals surface area (Å²) < 4.78 is 10.1. The molecule has 0 aliphatic carbocycles. The van der Waals surface area contributed by atoms with Crippen molar-refractivity contribution in [2.75, 3.05) is 13.2 Å². The van der Waals surface area contributed by atoms with E-state index in [1.54, 1.807) is 0 Å². The third-order valence-corrected chi connectivity index (χ3v) is 2.16. The minimum Gasteiger partial charge on any atom is -0.452 e. The van der Waals surface area contributed by atoms with Gasteiger partial charge in [0.25, 0.3) is 5.91 Å². The molecule has 15 heavy (non-hydrogen) atoms. The maximum Gasteiger partial charge on any atom is 0.256 e. The molecular weight excluding hydrogens is 218 g/mol. The minimum atomic E-state index is -0.250. The molecule has 1 N–H and O–H groups in total. The number of hydrogen-bond donors (Lipinski definition) is 1. The molecule has 0 fully saturated rings. The van der Waals surface area contributed by atoms with Crippen LogP contribution < -0.4 is 5.32 Å². The molecule has 0 saturated heterocycles. The Kier molecular flexibility index (Phi) is 4.65. The largest absolute Gasteiger partial charge is 0.452 e. The van der Waals surface area contributed by atoms with Gasteiger partial charge in [-0.05, 0) is 31.5 Å². The highest BCUT2D eigenvalue weighted by Gasteiger charge is 2.13. The highest BCUT2D eigenvalue weighted by atomic mass is 35.5. The lowest BCUT2D eigenvalue weighted by Crippen LogP contribution is -2.32. The first kappa shape index (κ1) is 12.1. The molecule has 0 aliphatic heterocycles. The van der Waals surface area contributed by atoms with Crippen LogP contribution in [0.2, 0.25) is 5.22 Å². The number of furan rings is 1. The summed E-state index contributed by atoms with van der Waals surface area (Å²) in [6, 6.07) is 1.53. The molecule has 0 saturated carbocycles. The fourth-order valence-corrected chi connectivity index (χ4v) is 1.33. The van der Waals surface area contributed by atoms with Crippen LogP contribution in [0.1, 0.15) is 24.2 Å². The second-order valence-corrected chi connectivity index (χ2v) is 3.43. The van der Waals surface area contributed by atoms with Gasteiger partial charge in [0, 0.05) is 13.2 Å². The first-order valence-electron chi connectivity index (χ1n) is 4.78. The number of amides is 1. The van der Waals surface area contributed by atoms with Gasteiger partial charge in [-0.1, -0.05) is 0 Å². The van der Waals surface area contributed by atoms with Gasteiger partial charge in [0.2, 0.25) is 5.22 Å². The summed E-state index contributed by atoms with van der Waals surface area (Å²) in [5, 5.41) is 2.81. The van der Waals surface area contributed by atoms with E-state index in [-0.39, 0.29) is 17.2 Å². The standard InChI is InChI=1S/C10H14ClNO3/c1-3-14-7(2)6-12-10(13)8-4-5-15-9(8)11/h4-5,7H,3,6H2,1-2H3,(H,12,13). The van der Waals surface area contributed by atoms with E-state index < -0.39 is 0 Å². The van der Waals surface area contributed by atoms with E-state index in [0.29, 0.717) is 18.7 Å². The lowest BCUT2D eigenvalue weighted by atomic mass is 10.3. The number of nitrogens with one attached hydrogen (secondary N) is 1. The number of carbonyl (C=O) groups excluding carboxylic acids is 1. The Morgan fingerprint density at radius 3 is 3.00 bits per heavy atom. The predicted molar refractivity (Wildman–Crippen MR) is 57.1 cm³/mol. The monoisotopic (exact) mass is 231 g/mol. The van der Waals surface area contributed by atoms with Gasteiger partial charge in [0.1, 0.15) is 0 Å². The summed E-state index contributed by atoms with van der Waals surface area (Å²) in [4.78, 5) is 11.5. The van der Waals surface area contributed by atoms with E-state index in [9.17, 15) is 4.79 Å². The molecular formula is C10H14ClNO3. The number of carbonyl (C=O) groups is 1. The lowest BCUT2D eigenvalue weighted by Gasteiger charge is -2.11. The van der Waals surface area contributed by atoms with E-state index in [2.05, 4.69) is 5.32 Å². The zero-order valence-corrected chi connectivity index (χ0v) is 9.50. The maximum atomic E-state index is 11.5. The van der Waals surface area contributed by atoms with Crippen molar-refractivity contribution in [3.63, 3.8) is 0 Å². The van der Waals surface area contributed by atoms with Crippen molar-refractivity contribution < 1.29 is 13.9 Å². The number of rotatable bonds is 5. The molecule has 0 radical (unpaired) electrons. The molecule has 0 spiro atoms. The Balaban J connectivity index is 2.40. The predicted octanol–water partition coefficient (Wildman–Crippen LogP) is 2.09. The van der Waals surface area contributed by atoms with Gasteiger partial charge in [-0.2, -0.15) is 0 Å². The smallest absolute Gasteiger partial charge is 0.256 e. The van der Waals surface area contributed by atoms with Gasteiger partial charge in [0.15, 0.2) is 0 Å². The topological polar surface area (TPSA) is 51.5 Å². The summed E-state index contributed by atoms with van der Waals surface area (Å²) in [5.41, 5.74) is 0.348. The molecule has 84 valence electrons. The molecule has 5 heteroatoms. The Morgan fingerprint density at radius 1 is 1.73 bits per heavy atom. The van der Waals surface area contributed by atoms with Crippen LogP contribution in [0.3, 0.4) is 0 Å². The second-order valence-electron chi connectivity index (χ2n) is 3.08. The average Bonchev–Trinajstić information content (AvgIpc) is 2.61. The maximum absolute atomic E-state index is 11.5. The molecule has 1 atom stereocenters. The van der Waals surface area contributed by atoms with Gasteiger partial charge < -0.3 is 14.5 Å². The molecule has 1 aromatic heterocycles. The van der Waals surface area contributed by atoms with Gasteiger partial charge in [-0.25, -0.2) is 0 Å². The van der Waals surface area contributed by atoms with Gasteiger partial charge in [-0.3, -0.25) is 4.79 Å². The fraction of sp³-hybridized carbons (Fsp3) is 0.500. The van der Waals surface area contributed by atoms with Crippen LogP contribution in [0.15, 0.2) is 16.7 Å². The molecule has 4 nitrogen and oxygen atoms in total. The fourth-order valence-electron chi connectivity index (χ4n) is 1.13. The van der Waals surface area contributed by atoms with Crippen LogP contribution in [-0.4, -0.2) is 25.2 Å². The molecule has 0 aliphatic rings. The van der Waals surface area contributed by atoms with Crippen LogP contribution in [-0.2, 0) is 4.74 Å². The van der Waals surface area contributed by atoms with Crippen molar-refractivity contribution in [1.29, 1.82) is 0 Å². The minimum absolute atomic E-state index is 0.00961. The van der Waals surface area contributed by atoms with Crippen LogP contribution in [0, 0.1) is 0 Å². The average molecular weight is 232 g/mol. The van der Waals surface area contributed by atoms with Crippen molar-refractivity contribution in [3.05, 3.63) is 23.1 Å². The number of ether oxygens (including phenoxy) is 1. The van der Waals surface area contributed by atoms with E-state index in [1.165, 1.54) is 12.3 Å². The highest BCUT2D eigenvalue weighted by molar-refractivity contribution is 6.32. The molecule has 0 aromatic carbocycles. The molecule has 0 bridgehead atoms. The zero-order valence-electron chi connectivity index (χ0n) is 8.75. The third kappa shape index (κ3) is 3.57. The van der Waals surface area contributed by atoms with Crippen LogP contribution in [0.4, 0.5) is 0 Å².